The summed E-state index contributed by atoms with van der Waals surface area (Å²) in [7, 11) is 1.64. The molecule has 1 heterocycles. The summed E-state index contributed by atoms with van der Waals surface area (Å²) >= 11 is 0. The van der Waals surface area contributed by atoms with Crippen LogP contribution in [0.3, 0.4) is 0 Å². The molecule has 0 aliphatic carbocycles. The van der Waals surface area contributed by atoms with E-state index in [1.807, 2.05) is 55.5 Å². The van der Waals surface area contributed by atoms with Crippen LogP contribution >= 0.6 is 0 Å². The molecule has 156 valence electrons. The van der Waals surface area contributed by atoms with Crippen LogP contribution in [0.15, 0.2) is 48.5 Å². The van der Waals surface area contributed by atoms with Gasteiger partial charge in [0.2, 0.25) is 5.91 Å². The first-order valence-electron chi connectivity index (χ1n) is 10.3. The summed E-state index contributed by atoms with van der Waals surface area (Å²) in [4.78, 5) is 12.9. The van der Waals surface area contributed by atoms with E-state index in [1.54, 1.807) is 7.11 Å². The van der Waals surface area contributed by atoms with Gasteiger partial charge in [0.25, 0.3) is 0 Å². The van der Waals surface area contributed by atoms with Crippen LogP contribution in [0.25, 0.3) is 0 Å². The van der Waals surface area contributed by atoms with Gasteiger partial charge in [-0.25, -0.2) is 5.43 Å². The Labute approximate surface area is 173 Å². The first-order valence-corrected chi connectivity index (χ1v) is 10.3. The minimum atomic E-state index is -0.192. The van der Waals surface area contributed by atoms with E-state index < -0.39 is 0 Å². The van der Waals surface area contributed by atoms with Gasteiger partial charge in [-0.3, -0.25) is 10.2 Å². The molecule has 29 heavy (non-hydrogen) atoms. The maximum atomic E-state index is 12.9. The highest BCUT2D eigenvalue weighted by molar-refractivity contribution is 5.80. The summed E-state index contributed by atoms with van der Waals surface area (Å²) in [6, 6.07) is 15.6. The molecule has 0 spiro atoms. The zero-order chi connectivity index (χ0) is 20.6. The van der Waals surface area contributed by atoms with E-state index in [1.165, 1.54) is 0 Å². The Morgan fingerprint density at radius 3 is 2.48 bits per heavy atom. The third-order valence-electron chi connectivity index (χ3n) is 5.30. The van der Waals surface area contributed by atoms with Gasteiger partial charge in [0, 0.05) is 6.54 Å². The third kappa shape index (κ3) is 5.49. The molecule has 1 amide bonds. The second-order valence-corrected chi connectivity index (χ2v) is 7.38. The number of amides is 1. The molecule has 1 fully saturated rings. The molecule has 3 N–H and O–H groups in total. The third-order valence-corrected chi connectivity index (χ3v) is 5.30. The molecule has 3 unspecified atom stereocenters. The van der Waals surface area contributed by atoms with Crippen LogP contribution in [0.5, 0.6) is 11.5 Å². The van der Waals surface area contributed by atoms with E-state index in [0.29, 0.717) is 6.54 Å². The number of hydrogen-bond donors (Lipinski definition) is 3. The molecular formula is C23H31N3O3. The first-order chi connectivity index (χ1) is 14.1. The van der Waals surface area contributed by atoms with Gasteiger partial charge in [-0.2, -0.15) is 0 Å². The van der Waals surface area contributed by atoms with E-state index >= 15 is 0 Å². The van der Waals surface area contributed by atoms with Crippen LogP contribution in [0.1, 0.15) is 49.9 Å². The molecule has 3 rings (SSSR count). The maximum absolute atomic E-state index is 12.9. The molecule has 0 bridgehead atoms. The monoisotopic (exact) mass is 397 g/mol. The molecule has 6 heteroatoms. The quantitative estimate of drug-likeness (QED) is 0.565. The van der Waals surface area contributed by atoms with Gasteiger partial charge in [0.15, 0.2) is 0 Å². The normalized spacial score (nSPS) is 19.6. The minimum Gasteiger partial charge on any atom is -0.497 e. The average Bonchev–Trinajstić information content (AvgIpc) is 3.24. The van der Waals surface area contributed by atoms with Crippen LogP contribution in [-0.4, -0.2) is 26.2 Å². The predicted molar refractivity (Wildman–Crippen MR) is 114 cm³/mol. The molecule has 2 aromatic carbocycles. The Balaban J connectivity index is 1.61. The number of carbonyl (C=O) groups is 1. The summed E-state index contributed by atoms with van der Waals surface area (Å²) in [5.41, 5.74) is 8.47. The fourth-order valence-corrected chi connectivity index (χ4v) is 3.46. The fraction of sp³-hybridized carbons (Fsp3) is 0.435. The summed E-state index contributed by atoms with van der Waals surface area (Å²) < 4.78 is 10.9. The SMILES string of the molecule is CCCCOc1ccc(C2NNCC2C(=O)NC(C)c2ccc(OC)cc2)cc1. The van der Waals surface area contributed by atoms with Gasteiger partial charge >= 0.3 is 0 Å². The average molecular weight is 398 g/mol. The van der Waals surface area contributed by atoms with Crippen molar-refractivity contribution in [2.45, 2.75) is 38.8 Å². The minimum absolute atomic E-state index is 0.0269. The zero-order valence-electron chi connectivity index (χ0n) is 17.4. The molecule has 6 nitrogen and oxygen atoms in total. The van der Waals surface area contributed by atoms with Crippen molar-refractivity contribution in [2.24, 2.45) is 5.92 Å². The number of nitrogens with one attached hydrogen (secondary N) is 3. The van der Waals surface area contributed by atoms with Crippen molar-refractivity contribution in [3.05, 3.63) is 59.7 Å². The fourth-order valence-electron chi connectivity index (χ4n) is 3.46. The summed E-state index contributed by atoms with van der Waals surface area (Å²) in [6.45, 7) is 5.45. The number of ether oxygens (including phenoxy) is 2. The summed E-state index contributed by atoms with van der Waals surface area (Å²) in [6.07, 6.45) is 2.16. The van der Waals surface area contributed by atoms with Gasteiger partial charge in [-0.05, 0) is 48.7 Å². The lowest BCUT2D eigenvalue weighted by atomic mass is 9.93. The molecule has 0 aromatic heterocycles. The topological polar surface area (TPSA) is 71.6 Å². The second kappa shape index (κ2) is 10.3. The Morgan fingerprint density at radius 1 is 1.14 bits per heavy atom. The standard InChI is InChI=1S/C23H31N3O3/c1-4-5-14-29-20-12-8-18(9-13-20)22-21(15-24-26-22)23(27)25-16(2)17-6-10-19(28-3)11-7-17/h6-13,16,21-22,24,26H,4-5,14-15H2,1-3H3,(H,25,27). The highest BCUT2D eigenvalue weighted by Gasteiger charge is 2.34. The second-order valence-electron chi connectivity index (χ2n) is 7.38. The molecule has 1 aliphatic heterocycles. The summed E-state index contributed by atoms with van der Waals surface area (Å²) in [5.74, 6) is 1.50. The lowest BCUT2D eigenvalue weighted by molar-refractivity contribution is -0.125. The molecule has 0 radical (unpaired) electrons. The van der Waals surface area contributed by atoms with E-state index in [0.717, 1.165) is 42.1 Å². The number of benzene rings is 2. The number of rotatable bonds is 9. The number of carbonyl (C=O) groups excluding carboxylic acids is 1. The number of methoxy groups -OCH3 is 1. The molecule has 0 saturated carbocycles. The maximum Gasteiger partial charge on any atom is 0.226 e. The van der Waals surface area contributed by atoms with Crippen molar-refractivity contribution >= 4 is 5.91 Å². The summed E-state index contributed by atoms with van der Waals surface area (Å²) in [5, 5.41) is 3.14. The van der Waals surface area contributed by atoms with Gasteiger partial charge in [-0.15, -0.1) is 0 Å². The highest BCUT2D eigenvalue weighted by atomic mass is 16.5. The molecule has 1 aliphatic rings. The molecule has 3 atom stereocenters. The van der Waals surface area contributed by atoms with Gasteiger partial charge in [0.1, 0.15) is 11.5 Å². The Bertz CT molecular complexity index is 777. The number of hydrogen-bond acceptors (Lipinski definition) is 5. The van der Waals surface area contributed by atoms with Crippen molar-refractivity contribution < 1.29 is 14.3 Å². The van der Waals surface area contributed by atoms with Crippen molar-refractivity contribution in [1.82, 2.24) is 16.2 Å². The molecule has 2 aromatic rings. The van der Waals surface area contributed by atoms with E-state index in [9.17, 15) is 4.79 Å². The predicted octanol–water partition coefficient (Wildman–Crippen LogP) is 3.52. The van der Waals surface area contributed by atoms with Gasteiger partial charge in [0.05, 0.1) is 31.7 Å². The Hall–Kier alpha value is -2.57. The van der Waals surface area contributed by atoms with Crippen LogP contribution in [0.4, 0.5) is 0 Å². The van der Waals surface area contributed by atoms with Gasteiger partial charge in [-0.1, -0.05) is 37.6 Å². The van der Waals surface area contributed by atoms with Crippen molar-refractivity contribution in [3.8, 4) is 11.5 Å². The largest absolute Gasteiger partial charge is 0.497 e. The number of unbranched alkanes of at least 4 members (excludes halogenated alkanes) is 1. The molecule has 1 saturated heterocycles. The van der Waals surface area contributed by atoms with Crippen molar-refractivity contribution in [3.63, 3.8) is 0 Å². The number of hydrazine groups is 1. The molecular weight excluding hydrogens is 366 g/mol. The van der Waals surface area contributed by atoms with Crippen LogP contribution < -0.4 is 25.6 Å². The van der Waals surface area contributed by atoms with Crippen LogP contribution in [0, 0.1) is 5.92 Å². The Morgan fingerprint density at radius 2 is 1.83 bits per heavy atom. The van der Waals surface area contributed by atoms with E-state index in [2.05, 4.69) is 23.1 Å². The van der Waals surface area contributed by atoms with Crippen molar-refractivity contribution in [1.29, 1.82) is 0 Å². The first kappa shape index (κ1) is 21.1. The van der Waals surface area contributed by atoms with Gasteiger partial charge < -0.3 is 14.8 Å². The zero-order valence-corrected chi connectivity index (χ0v) is 17.4. The van der Waals surface area contributed by atoms with Crippen molar-refractivity contribution in [2.75, 3.05) is 20.3 Å². The van der Waals surface area contributed by atoms with E-state index in [4.69, 9.17) is 9.47 Å². The highest BCUT2D eigenvalue weighted by Crippen LogP contribution is 2.28. The van der Waals surface area contributed by atoms with E-state index in [-0.39, 0.29) is 23.9 Å². The smallest absolute Gasteiger partial charge is 0.226 e. The lowest BCUT2D eigenvalue weighted by Gasteiger charge is -2.22. The van der Waals surface area contributed by atoms with Crippen LogP contribution in [0.2, 0.25) is 0 Å². The lowest BCUT2D eigenvalue weighted by Crippen LogP contribution is -2.36. The Kier molecular flexibility index (Phi) is 7.49. The van der Waals surface area contributed by atoms with Crippen LogP contribution in [-0.2, 0) is 4.79 Å².